The summed E-state index contributed by atoms with van der Waals surface area (Å²) < 4.78 is 0. The number of hydrogen-bond acceptors (Lipinski definition) is 1. The predicted molar refractivity (Wildman–Crippen MR) is 97.0 cm³/mol. The van der Waals surface area contributed by atoms with E-state index in [-0.39, 0.29) is 17.9 Å². The first-order valence-electron chi connectivity index (χ1n) is 8.25. The van der Waals surface area contributed by atoms with Crippen LogP contribution in [-0.2, 0) is 4.79 Å². The zero-order valence-electron chi connectivity index (χ0n) is 13.6. The van der Waals surface area contributed by atoms with Crippen LogP contribution in [-0.4, -0.2) is 5.91 Å². The maximum atomic E-state index is 12.9. The fourth-order valence-electron chi connectivity index (χ4n) is 3.46. The van der Waals surface area contributed by atoms with Crippen molar-refractivity contribution in [3.05, 3.63) is 102 Å². The number of carbonyl (C=O) groups excluding carboxylic acids is 1. The standard InChI is InChI=1S/C22H19NO/c1-16-12-14-18(15-13-16)21-20(17-8-4-2-5-9-17)22(24)23(21)19-10-6-3-7-11-19/h2-15,20-21H,1H3/t20-,21+/m0/s1. The Kier molecular flexibility index (Phi) is 3.66. The van der Waals surface area contributed by atoms with Gasteiger partial charge in [-0.2, -0.15) is 0 Å². The molecule has 2 heteroatoms. The number of benzene rings is 3. The van der Waals surface area contributed by atoms with Gasteiger partial charge in [0.1, 0.15) is 0 Å². The molecule has 0 N–H and O–H groups in total. The minimum atomic E-state index is -0.117. The second kappa shape index (κ2) is 5.97. The van der Waals surface area contributed by atoms with E-state index in [4.69, 9.17) is 0 Å². The first kappa shape index (κ1) is 14.7. The van der Waals surface area contributed by atoms with Gasteiger partial charge in [0.05, 0.1) is 12.0 Å². The lowest BCUT2D eigenvalue weighted by Gasteiger charge is -2.47. The minimum Gasteiger partial charge on any atom is -0.303 e. The average Bonchev–Trinajstić information content (AvgIpc) is 2.62. The summed E-state index contributed by atoms with van der Waals surface area (Å²) in [6, 6.07) is 28.6. The molecule has 1 saturated heterocycles. The van der Waals surface area contributed by atoms with Crippen LogP contribution in [0.5, 0.6) is 0 Å². The van der Waals surface area contributed by atoms with Crippen LogP contribution in [0.2, 0.25) is 0 Å². The van der Waals surface area contributed by atoms with Gasteiger partial charge in [-0.05, 0) is 30.2 Å². The molecule has 118 valence electrons. The summed E-state index contributed by atoms with van der Waals surface area (Å²) in [7, 11) is 0. The van der Waals surface area contributed by atoms with E-state index in [1.165, 1.54) is 11.1 Å². The largest absolute Gasteiger partial charge is 0.303 e. The Morgan fingerprint density at radius 3 is 1.92 bits per heavy atom. The fourth-order valence-corrected chi connectivity index (χ4v) is 3.46. The molecular weight excluding hydrogens is 294 g/mol. The van der Waals surface area contributed by atoms with Gasteiger partial charge in [0, 0.05) is 5.69 Å². The highest BCUT2D eigenvalue weighted by atomic mass is 16.2. The topological polar surface area (TPSA) is 20.3 Å². The maximum absolute atomic E-state index is 12.9. The van der Waals surface area contributed by atoms with Crippen LogP contribution in [0.15, 0.2) is 84.9 Å². The monoisotopic (exact) mass is 313 g/mol. The van der Waals surface area contributed by atoms with Crippen LogP contribution >= 0.6 is 0 Å². The molecule has 2 atom stereocenters. The number of nitrogens with zero attached hydrogens (tertiary/aromatic N) is 1. The zero-order chi connectivity index (χ0) is 16.5. The van der Waals surface area contributed by atoms with Crippen molar-refractivity contribution < 1.29 is 4.79 Å². The van der Waals surface area contributed by atoms with Gasteiger partial charge >= 0.3 is 0 Å². The van der Waals surface area contributed by atoms with Gasteiger partial charge in [-0.25, -0.2) is 0 Å². The molecule has 2 nitrogen and oxygen atoms in total. The second-order valence-electron chi connectivity index (χ2n) is 6.29. The Balaban J connectivity index is 1.78. The summed E-state index contributed by atoms with van der Waals surface area (Å²) in [5, 5.41) is 0. The van der Waals surface area contributed by atoms with E-state index in [0.29, 0.717) is 0 Å². The van der Waals surface area contributed by atoms with Crippen molar-refractivity contribution in [1.29, 1.82) is 0 Å². The van der Waals surface area contributed by atoms with Gasteiger partial charge in [0.25, 0.3) is 0 Å². The Bertz CT molecular complexity index is 791. The molecule has 1 fully saturated rings. The van der Waals surface area contributed by atoms with Crippen LogP contribution < -0.4 is 4.90 Å². The second-order valence-corrected chi connectivity index (χ2v) is 6.29. The molecule has 3 aromatic rings. The summed E-state index contributed by atoms with van der Waals surface area (Å²) in [6.07, 6.45) is 0. The van der Waals surface area contributed by atoms with Gasteiger partial charge in [-0.1, -0.05) is 78.4 Å². The van der Waals surface area contributed by atoms with Crippen LogP contribution in [0.25, 0.3) is 0 Å². The van der Waals surface area contributed by atoms with Crippen molar-refractivity contribution in [3.8, 4) is 0 Å². The third-order valence-corrected chi connectivity index (χ3v) is 4.71. The van der Waals surface area contributed by atoms with Crippen molar-refractivity contribution in [3.63, 3.8) is 0 Å². The minimum absolute atomic E-state index is 0.0444. The van der Waals surface area contributed by atoms with E-state index >= 15 is 0 Å². The Hall–Kier alpha value is -2.87. The molecule has 24 heavy (non-hydrogen) atoms. The zero-order valence-corrected chi connectivity index (χ0v) is 13.6. The first-order valence-corrected chi connectivity index (χ1v) is 8.25. The lowest BCUT2D eigenvalue weighted by molar-refractivity contribution is -0.126. The fraction of sp³-hybridized carbons (Fsp3) is 0.136. The van der Waals surface area contributed by atoms with E-state index in [0.717, 1.165) is 11.3 Å². The van der Waals surface area contributed by atoms with E-state index in [1.807, 2.05) is 65.6 Å². The number of carbonyl (C=O) groups is 1. The number of para-hydroxylation sites is 1. The number of aryl methyl sites for hydroxylation is 1. The summed E-state index contributed by atoms with van der Waals surface area (Å²) >= 11 is 0. The van der Waals surface area contributed by atoms with Crippen LogP contribution in [0.3, 0.4) is 0 Å². The Morgan fingerprint density at radius 1 is 0.708 bits per heavy atom. The Morgan fingerprint density at radius 2 is 1.29 bits per heavy atom. The third-order valence-electron chi connectivity index (χ3n) is 4.71. The molecule has 1 heterocycles. The molecule has 0 bridgehead atoms. The molecule has 1 aliphatic rings. The number of hydrogen-bond donors (Lipinski definition) is 0. The molecule has 0 spiro atoms. The van der Waals surface area contributed by atoms with Gasteiger partial charge in [-0.3, -0.25) is 4.79 Å². The van der Waals surface area contributed by atoms with Crippen molar-refractivity contribution in [1.82, 2.24) is 0 Å². The molecule has 4 rings (SSSR count). The Labute approximate surface area is 142 Å². The van der Waals surface area contributed by atoms with Gasteiger partial charge in [-0.15, -0.1) is 0 Å². The maximum Gasteiger partial charge on any atom is 0.237 e. The van der Waals surface area contributed by atoms with Crippen LogP contribution in [0.4, 0.5) is 5.69 Å². The predicted octanol–water partition coefficient (Wildman–Crippen LogP) is 4.87. The van der Waals surface area contributed by atoms with E-state index in [9.17, 15) is 4.79 Å². The number of amides is 1. The quantitative estimate of drug-likeness (QED) is 0.632. The smallest absolute Gasteiger partial charge is 0.237 e. The van der Waals surface area contributed by atoms with E-state index < -0.39 is 0 Å². The number of rotatable bonds is 3. The summed E-state index contributed by atoms with van der Waals surface area (Å²) in [6.45, 7) is 2.08. The van der Waals surface area contributed by atoms with Crippen LogP contribution in [0.1, 0.15) is 28.7 Å². The van der Waals surface area contributed by atoms with Gasteiger partial charge in [0.2, 0.25) is 5.91 Å². The molecule has 1 amide bonds. The SMILES string of the molecule is Cc1ccc([C@@H]2[C@H](c3ccccc3)C(=O)N2c2ccccc2)cc1. The molecule has 0 unspecified atom stereocenters. The molecular formula is C22H19NO. The van der Waals surface area contributed by atoms with Crippen molar-refractivity contribution in [2.75, 3.05) is 4.90 Å². The third kappa shape index (κ3) is 2.41. The molecule has 3 aromatic carbocycles. The van der Waals surface area contributed by atoms with Crippen LogP contribution in [0, 0.1) is 6.92 Å². The highest BCUT2D eigenvalue weighted by Crippen LogP contribution is 2.48. The summed E-state index contributed by atoms with van der Waals surface area (Å²) in [5.74, 6) is 0.0482. The summed E-state index contributed by atoms with van der Waals surface area (Å²) in [4.78, 5) is 14.9. The normalized spacial score (nSPS) is 19.9. The molecule has 0 aliphatic carbocycles. The molecule has 1 aliphatic heterocycles. The molecule has 0 radical (unpaired) electrons. The lowest BCUT2D eigenvalue weighted by Crippen LogP contribution is -2.53. The average molecular weight is 313 g/mol. The van der Waals surface area contributed by atoms with Gasteiger partial charge in [0.15, 0.2) is 0 Å². The van der Waals surface area contributed by atoms with Crippen molar-refractivity contribution in [2.24, 2.45) is 0 Å². The van der Waals surface area contributed by atoms with Gasteiger partial charge < -0.3 is 4.90 Å². The molecule has 0 saturated carbocycles. The van der Waals surface area contributed by atoms with Crippen molar-refractivity contribution >= 4 is 11.6 Å². The number of anilines is 1. The van der Waals surface area contributed by atoms with Crippen molar-refractivity contribution in [2.45, 2.75) is 18.9 Å². The van der Waals surface area contributed by atoms with E-state index in [2.05, 4.69) is 31.2 Å². The number of β-lactam (4-membered cyclic amide) rings is 1. The first-order chi connectivity index (χ1) is 11.8. The van der Waals surface area contributed by atoms with E-state index in [1.54, 1.807) is 0 Å². The molecule has 0 aromatic heterocycles. The highest BCUT2D eigenvalue weighted by Gasteiger charge is 2.49. The lowest BCUT2D eigenvalue weighted by atomic mass is 9.77. The summed E-state index contributed by atoms with van der Waals surface area (Å²) in [5.41, 5.74) is 4.45. The highest BCUT2D eigenvalue weighted by molar-refractivity contribution is 6.06.